The highest BCUT2D eigenvalue weighted by Gasteiger charge is 2.39. The molecule has 6 rings (SSSR count). The lowest BCUT2D eigenvalue weighted by molar-refractivity contribution is 0.0322. The molecule has 0 bridgehead atoms. The summed E-state index contributed by atoms with van der Waals surface area (Å²) in [5, 5.41) is 1.58. The van der Waals surface area contributed by atoms with Crippen LogP contribution in [0.25, 0.3) is 5.69 Å². The highest BCUT2D eigenvalue weighted by atomic mass is 35.5. The molecule has 10 heteroatoms. The van der Waals surface area contributed by atoms with E-state index in [4.69, 9.17) is 37.7 Å². The van der Waals surface area contributed by atoms with Crippen LogP contribution in [0.1, 0.15) is 29.3 Å². The predicted molar refractivity (Wildman–Crippen MR) is 159 cm³/mol. The van der Waals surface area contributed by atoms with E-state index in [0.29, 0.717) is 45.3 Å². The number of hydrogen-bond acceptors (Lipinski definition) is 5. The first-order valence-electron chi connectivity index (χ1n) is 13.5. The van der Waals surface area contributed by atoms with Crippen molar-refractivity contribution in [2.75, 3.05) is 39.5 Å². The summed E-state index contributed by atoms with van der Waals surface area (Å²) in [6.07, 6.45) is 2.41. The molecule has 0 spiro atoms. The second kappa shape index (κ2) is 11.9. The molecule has 1 saturated heterocycles. The molecule has 1 unspecified atom stereocenters. The van der Waals surface area contributed by atoms with Gasteiger partial charge in [0.25, 0.3) is 0 Å². The van der Waals surface area contributed by atoms with E-state index in [1.165, 1.54) is 23.9 Å². The van der Waals surface area contributed by atoms with Gasteiger partial charge in [0.2, 0.25) is 0 Å². The maximum Gasteiger partial charge on any atom is 0.173 e. The molecule has 3 aromatic carbocycles. The van der Waals surface area contributed by atoms with Gasteiger partial charge in [-0.3, -0.25) is 9.47 Å². The van der Waals surface area contributed by atoms with Crippen molar-refractivity contribution in [3.8, 4) is 11.4 Å². The van der Waals surface area contributed by atoms with Gasteiger partial charge in [-0.05, 0) is 66.9 Å². The maximum atomic E-state index is 14.5. The summed E-state index contributed by atoms with van der Waals surface area (Å²) in [6, 6.07) is 15.3. The molecule has 214 valence electrons. The van der Waals surface area contributed by atoms with Crippen LogP contribution in [0.3, 0.4) is 0 Å². The third-order valence-electron chi connectivity index (χ3n) is 7.87. The smallest absolute Gasteiger partial charge is 0.173 e. The van der Waals surface area contributed by atoms with E-state index in [1.54, 1.807) is 24.3 Å². The van der Waals surface area contributed by atoms with E-state index in [2.05, 4.69) is 11.8 Å². The average molecular weight is 617 g/mol. The SMILES string of the molecule is CC1(c2ccc(Cl)c(OCCN3CCOCC3)c2)Cc2cc(F)ccc2-n2c1cnc2SCc1c(F)cccc1Cl. The minimum atomic E-state index is -0.560. The molecule has 0 aliphatic carbocycles. The summed E-state index contributed by atoms with van der Waals surface area (Å²) in [5.74, 6) is 0.255. The predicted octanol–water partition coefficient (Wildman–Crippen LogP) is 7.32. The number of hydrogen-bond donors (Lipinski definition) is 0. The number of imidazole rings is 1. The number of halogens is 4. The molecule has 1 aromatic heterocycles. The molecule has 0 radical (unpaired) electrons. The van der Waals surface area contributed by atoms with Gasteiger partial charge in [0.1, 0.15) is 24.0 Å². The van der Waals surface area contributed by atoms with E-state index in [0.717, 1.165) is 55.4 Å². The lowest BCUT2D eigenvalue weighted by Gasteiger charge is -2.37. The fourth-order valence-electron chi connectivity index (χ4n) is 5.57. The van der Waals surface area contributed by atoms with Crippen molar-refractivity contribution in [2.24, 2.45) is 0 Å². The molecule has 2 aliphatic rings. The molecule has 3 heterocycles. The molecule has 2 aliphatic heterocycles. The number of thioether (sulfide) groups is 1. The van der Waals surface area contributed by atoms with Crippen molar-refractivity contribution >= 4 is 35.0 Å². The number of nitrogens with zero attached hydrogens (tertiary/aromatic N) is 3. The van der Waals surface area contributed by atoms with Crippen molar-refractivity contribution in [1.29, 1.82) is 0 Å². The molecule has 0 N–H and O–H groups in total. The summed E-state index contributed by atoms with van der Waals surface area (Å²) in [7, 11) is 0. The van der Waals surface area contributed by atoms with Crippen molar-refractivity contribution < 1.29 is 18.3 Å². The Balaban J connectivity index is 1.33. The minimum Gasteiger partial charge on any atom is -0.491 e. The summed E-state index contributed by atoms with van der Waals surface area (Å²) < 4.78 is 42.6. The van der Waals surface area contributed by atoms with Crippen LogP contribution in [0.15, 0.2) is 66.0 Å². The van der Waals surface area contributed by atoms with Gasteiger partial charge in [0.15, 0.2) is 5.16 Å². The Labute approximate surface area is 252 Å². The molecule has 0 amide bonds. The van der Waals surface area contributed by atoms with Gasteiger partial charge in [0.05, 0.1) is 35.8 Å². The molecule has 41 heavy (non-hydrogen) atoms. The second-order valence-electron chi connectivity index (χ2n) is 10.5. The monoisotopic (exact) mass is 615 g/mol. The molecule has 4 aromatic rings. The van der Waals surface area contributed by atoms with Gasteiger partial charge in [-0.1, -0.05) is 47.1 Å². The Kier molecular flexibility index (Phi) is 8.30. The number of aromatic nitrogens is 2. The third-order valence-corrected chi connectivity index (χ3v) is 9.51. The first kappa shape index (κ1) is 28.5. The van der Waals surface area contributed by atoms with E-state index in [9.17, 15) is 8.78 Å². The van der Waals surface area contributed by atoms with Gasteiger partial charge in [-0.15, -0.1) is 0 Å². The van der Waals surface area contributed by atoms with Crippen molar-refractivity contribution in [1.82, 2.24) is 14.5 Å². The first-order chi connectivity index (χ1) is 19.8. The zero-order valence-corrected chi connectivity index (χ0v) is 24.8. The largest absolute Gasteiger partial charge is 0.491 e. The van der Waals surface area contributed by atoms with Crippen LogP contribution in [0.2, 0.25) is 10.0 Å². The van der Waals surface area contributed by atoms with Crippen LogP contribution in [-0.2, 0) is 22.3 Å². The number of ether oxygens (including phenoxy) is 2. The fraction of sp³-hybridized carbons (Fsp3) is 0.323. The standard InChI is InChI=1S/C31H29Cl2F2N3O2S/c1-31(21-5-7-25(33)28(16-21)40-14-11-37-9-12-39-13-10-37)17-20-15-22(34)6-8-27(20)38-29(31)18-36-30(38)41-19-23-24(32)3-2-4-26(23)35/h2-8,15-16,18H,9-14,17,19H2,1H3. The van der Waals surface area contributed by atoms with E-state index < -0.39 is 5.41 Å². The Morgan fingerprint density at radius 2 is 1.88 bits per heavy atom. The summed E-state index contributed by atoms with van der Waals surface area (Å²) in [6.45, 7) is 6.66. The van der Waals surface area contributed by atoms with Gasteiger partial charge in [-0.2, -0.15) is 0 Å². The number of fused-ring (bicyclic) bond motifs is 3. The topological polar surface area (TPSA) is 39.5 Å². The van der Waals surface area contributed by atoms with Crippen LogP contribution < -0.4 is 4.74 Å². The summed E-state index contributed by atoms with van der Waals surface area (Å²) in [5.41, 5.74) is 3.50. The molecule has 1 atom stereocenters. The second-order valence-corrected chi connectivity index (χ2v) is 12.2. The van der Waals surface area contributed by atoms with Crippen LogP contribution in [0.4, 0.5) is 8.78 Å². The molecular weight excluding hydrogens is 587 g/mol. The van der Waals surface area contributed by atoms with Crippen LogP contribution in [0, 0.1) is 11.6 Å². The van der Waals surface area contributed by atoms with Crippen molar-refractivity contribution in [3.63, 3.8) is 0 Å². The number of benzene rings is 3. The molecule has 5 nitrogen and oxygen atoms in total. The number of rotatable bonds is 8. The highest BCUT2D eigenvalue weighted by molar-refractivity contribution is 7.98. The summed E-state index contributed by atoms with van der Waals surface area (Å²) >= 11 is 14.2. The molecular formula is C31H29Cl2F2N3O2S. The quantitative estimate of drug-likeness (QED) is 0.194. The fourth-order valence-corrected chi connectivity index (χ4v) is 7.07. The summed E-state index contributed by atoms with van der Waals surface area (Å²) in [4.78, 5) is 7.06. The van der Waals surface area contributed by atoms with E-state index in [1.807, 2.05) is 29.0 Å². The third kappa shape index (κ3) is 5.73. The van der Waals surface area contributed by atoms with Crippen LogP contribution in [-0.4, -0.2) is 53.9 Å². The Hall–Kier alpha value is -2.62. The number of morpholine rings is 1. The minimum absolute atomic E-state index is 0.301. The normalized spacial score (nSPS) is 18.7. The lowest BCUT2D eigenvalue weighted by Crippen LogP contribution is -2.38. The van der Waals surface area contributed by atoms with Crippen LogP contribution >= 0.6 is 35.0 Å². The zero-order valence-electron chi connectivity index (χ0n) is 22.5. The van der Waals surface area contributed by atoms with Gasteiger partial charge >= 0.3 is 0 Å². The average Bonchev–Trinajstić information content (AvgIpc) is 3.39. The highest BCUT2D eigenvalue weighted by Crippen LogP contribution is 2.46. The Morgan fingerprint density at radius 3 is 2.68 bits per heavy atom. The first-order valence-corrected chi connectivity index (χ1v) is 15.2. The van der Waals surface area contributed by atoms with Crippen molar-refractivity contribution in [2.45, 2.75) is 29.7 Å². The molecule has 1 fully saturated rings. The lowest BCUT2D eigenvalue weighted by atomic mass is 9.72. The van der Waals surface area contributed by atoms with Gasteiger partial charge in [0, 0.05) is 41.4 Å². The Bertz CT molecular complexity index is 1560. The van der Waals surface area contributed by atoms with E-state index >= 15 is 0 Å². The van der Waals surface area contributed by atoms with Gasteiger partial charge < -0.3 is 9.47 Å². The Morgan fingerprint density at radius 1 is 1.05 bits per heavy atom. The van der Waals surface area contributed by atoms with Crippen molar-refractivity contribution in [3.05, 3.63) is 105 Å². The van der Waals surface area contributed by atoms with Crippen LogP contribution in [0.5, 0.6) is 5.75 Å². The van der Waals surface area contributed by atoms with Gasteiger partial charge in [-0.25, -0.2) is 13.8 Å². The molecule has 0 saturated carbocycles. The maximum absolute atomic E-state index is 14.5. The van der Waals surface area contributed by atoms with E-state index in [-0.39, 0.29) is 11.6 Å². The zero-order chi connectivity index (χ0) is 28.6.